The van der Waals surface area contributed by atoms with Crippen LogP contribution in [0.15, 0.2) is 0 Å². The van der Waals surface area contributed by atoms with Gasteiger partial charge in [0.05, 0.1) is 46.2 Å². The molecule has 0 aromatic carbocycles. The first-order valence-electron chi connectivity index (χ1n) is 7.52. The summed E-state index contributed by atoms with van der Waals surface area (Å²) in [7, 11) is 1.38. The molecule has 21 heavy (non-hydrogen) atoms. The Kier molecular flexibility index (Phi) is 17.3. The molecule has 0 bridgehead atoms. The molecule has 0 saturated heterocycles. The Morgan fingerprint density at radius 3 is 1.90 bits per heavy atom. The van der Waals surface area contributed by atoms with Crippen LogP contribution in [0.25, 0.3) is 0 Å². The van der Waals surface area contributed by atoms with Crippen molar-refractivity contribution in [2.75, 3.05) is 59.3 Å². The largest absolute Gasteiger partial charge is 0.378 e. The van der Waals surface area contributed by atoms with Gasteiger partial charge in [0.1, 0.15) is 5.44 Å². The summed E-state index contributed by atoms with van der Waals surface area (Å²) in [5.74, 6) is 0.679. The van der Waals surface area contributed by atoms with Crippen LogP contribution in [0.1, 0.15) is 20.8 Å². The van der Waals surface area contributed by atoms with E-state index in [1.165, 1.54) is 10.8 Å². The molecule has 0 rings (SSSR count). The lowest BCUT2D eigenvalue weighted by Crippen LogP contribution is -2.24. The van der Waals surface area contributed by atoms with Gasteiger partial charge in [-0.3, -0.25) is 0 Å². The molecule has 7 heteroatoms. The van der Waals surface area contributed by atoms with E-state index in [1.807, 2.05) is 6.92 Å². The van der Waals surface area contributed by atoms with Gasteiger partial charge in [0.15, 0.2) is 0 Å². The lowest BCUT2D eigenvalue weighted by atomic mass is 10.2. The molecule has 0 aromatic heterocycles. The van der Waals surface area contributed by atoms with Crippen molar-refractivity contribution in [3.8, 4) is 0 Å². The average Bonchev–Trinajstić information content (AvgIpc) is 2.46. The quantitative estimate of drug-likeness (QED) is 0.194. The third-order valence-corrected chi connectivity index (χ3v) is 3.77. The van der Waals surface area contributed by atoms with Crippen molar-refractivity contribution in [3.63, 3.8) is 0 Å². The summed E-state index contributed by atoms with van der Waals surface area (Å²) in [5, 5.41) is 3.32. The molecule has 0 aliphatic rings. The highest BCUT2D eigenvalue weighted by molar-refractivity contribution is 8.68. The van der Waals surface area contributed by atoms with E-state index in [0.29, 0.717) is 45.6 Å². The average molecular weight is 342 g/mol. The smallest absolute Gasteiger partial charge is 0.110 e. The molecule has 0 fully saturated rings. The minimum Gasteiger partial charge on any atom is -0.378 e. The van der Waals surface area contributed by atoms with E-state index in [0.717, 1.165) is 19.7 Å². The summed E-state index contributed by atoms with van der Waals surface area (Å²) in [6.45, 7) is 12.6. The van der Waals surface area contributed by atoms with Gasteiger partial charge in [-0.15, -0.1) is 11.7 Å². The molecule has 0 saturated carbocycles. The highest BCUT2D eigenvalue weighted by atomic mass is 33.1. The summed E-state index contributed by atoms with van der Waals surface area (Å²) in [4.78, 5) is 0. The van der Waals surface area contributed by atoms with Crippen molar-refractivity contribution in [1.29, 1.82) is 0 Å². The zero-order chi connectivity index (χ0) is 15.8. The second-order valence-electron chi connectivity index (χ2n) is 4.98. The number of hydrogen-bond donors (Lipinski definition) is 2. The van der Waals surface area contributed by atoms with Crippen LogP contribution >= 0.6 is 22.5 Å². The Bertz CT molecular complexity index is 211. The second kappa shape index (κ2) is 16.9. The Labute approximate surface area is 138 Å². The van der Waals surface area contributed by atoms with E-state index >= 15 is 0 Å². The summed E-state index contributed by atoms with van der Waals surface area (Å²) >= 11 is 4.06. The standard InChI is InChI=1S/C14H31NO4S2/c1-13(2)12-15-4-5-16-6-7-17-8-9-18-10-11-19-14(3)21-20/h13-15,20H,4-12H2,1-3H3. The molecule has 0 aliphatic carbocycles. The van der Waals surface area contributed by atoms with E-state index in [1.54, 1.807) is 0 Å². The highest BCUT2D eigenvalue weighted by Gasteiger charge is 1.98. The van der Waals surface area contributed by atoms with Gasteiger partial charge in [0, 0.05) is 6.54 Å². The lowest BCUT2D eigenvalue weighted by molar-refractivity contribution is -0.00299. The molecule has 1 N–H and O–H groups in total. The van der Waals surface area contributed by atoms with Gasteiger partial charge in [-0.2, -0.15) is 0 Å². The van der Waals surface area contributed by atoms with Gasteiger partial charge in [-0.1, -0.05) is 24.6 Å². The molecule has 0 aliphatic heterocycles. The maximum atomic E-state index is 5.44. The first-order valence-corrected chi connectivity index (χ1v) is 9.45. The number of thiol groups is 1. The normalized spacial score (nSPS) is 13.0. The molecule has 128 valence electrons. The zero-order valence-corrected chi connectivity index (χ0v) is 15.2. The summed E-state index contributed by atoms with van der Waals surface area (Å²) in [6, 6.07) is 0. The van der Waals surface area contributed by atoms with Crippen LogP contribution in [-0.2, 0) is 18.9 Å². The van der Waals surface area contributed by atoms with Crippen LogP contribution in [-0.4, -0.2) is 64.8 Å². The third-order valence-electron chi connectivity index (χ3n) is 2.45. The van der Waals surface area contributed by atoms with Gasteiger partial charge in [0.25, 0.3) is 0 Å². The Balaban J connectivity index is 2.99. The highest BCUT2D eigenvalue weighted by Crippen LogP contribution is 2.14. The van der Waals surface area contributed by atoms with E-state index in [4.69, 9.17) is 18.9 Å². The van der Waals surface area contributed by atoms with Crippen LogP contribution < -0.4 is 5.32 Å². The zero-order valence-electron chi connectivity index (χ0n) is 13.5. The van der Waals surface area contributed by atoms with Crippen molar-refractivity contribution in [3.05, 3.63) is 0 Å². The number of hydrogen-bond acceptors (Lipinski definition) is 7. The molecule has 0 radical (unpaired) electrons. The monoisotopic (exact) mass is 341 g/mol. The minimum absolute atomic E-state index is 0.0976. The van der Waals surface area contributed by atoms with Crippen molar-refractivity contribution in [1.82, 2.24) is 5.32 Å². The van der Waals surface area contributed by atoms with Crippen molar-refractivity contribution >= 4 is 22.5 Å². The second-order valence-corrected chi connectivity index (χ2v) is 6.49. The Morgan fingerprint density at radius 1 is 0.857 bits per heavy atom. The van der Waals surface area contributed by atoms with Gasteiger partial charge >= 0.3 is 0 Å². The lowest BCUT2D eigenvalue weighted by Gasteiger charge is -2.10. The molecular weight excluding hydrogens is 310 g/mol. The first kappa shape index (κ1) is 21.5. The summed E-state index contributed by atoms with van der Waals surface area (Å²) < 4.78 is 21.6. The molecule has 0 aromatic rings. The minimum atomic E-state index is 0.0976. The molecule has 0 spiro atoms. The Hall–Kier alpha value is 0.500. The van der Waals surface area contributed by atoms with E-state index in [2.05, 4.69) is 30.8 Å². The molecule has 1 unspecified atom stereocenters. The van der Waals surface area contributed by atoms with Gasteiger partial charge in [-0.05, 0) is 19.4 Å². The third kappa shape index (κ3) is 18.5. The number of ether oxygens (including phenoxy) is 4. The maximum Gasteiger partial charge on any atom is 0.110 e. The van der Waals surface area contributed by atoms with Crippen molar-refractivity contribution in [2.24, 2.45) is 5.92 Å². The molecule has 0 heterocycles. The fourth-order valence-electron chi connectivity index (χ4n) is 1.38. The Morgan fingerprint density at radius 2 is 1.38 bits per heavy atom. The molecule has 1 atom stereocenters. The fraction of sp³-hybridized carbons (Fsp3) is 1.00. The van der Waals surface area contributed by atoms with Gasteiger partial charge in [-0.25, -0.2) is 0 Å². The van der Waals surface area contributed by atoms with E-state index < -0.39 is 0 Å². The maximum absolute atomic E-state index is 5.44. The molecule has 0 amide bonds. The molecule has 5 nitrogen and oxygen atoms in total. The van der Waals surface area contributed by atoms with Crippen LogP contribution in [0, 0.1) is 5.92 Å². The predicted molar refractivity (Wildman–Crippen MR) is 92.2 cm³/mol. The SMILES string of the molecule is CC(C)CNCCOCCOCCOCCOC(C)SS. The van der Waals surface area contributed by atoms with E-state index in [9.17, 15) is 0 Å². The number of nitrogens with one attached hydrogen (secondary N) is 1. The van der Waals surface area contributed by atoms with Crippen LogP contribution in [0.2, 0.25) is 0 Å². The summed E-state index contributed by atoms with van der Waals surface area (Å²) in [5.41, 5.74) is 0.0976. The summed E-state index contributed by atoms with van der Waals surface area (Å²) in [6.07, 6.45) is 0. The molecular formula is C14H31NO4S2. The van der Waals surface area contributed by atoms with Crippen LogP contribution in [0.4, 0.5) is 0 Å². The van der Waals surface area contributed by atoms with Gasteiger partial charge < -0.3 is 24.3 Å². The first-order chi connectivity index (χ1) is 10.2. The van der Waals surface area contributed by atoms with Crippen LogP contribution in [0.3, 0.4) is 0 Å². The topological polar surface area (TPSA) is 49.0 Å². The fourth-order valence-corrected chi connectivity index (χ4v) is 1.72. The van der Waals surface area contributed by atoms with Gasteiger partial charge in [0.2, 0.25) is 0 Å². The van der Waals surface area contributed by atoms with Crippen LogP contribution in [0.5, 0.6) is 0 Å². The van der Waals surface area contributed by atoms with E-state index in [-0.39, 0.29) is 5.44 Å². The number of rotatable bonds is 16. The predicted octanol–water partition coefficient (Wildman–Crippen LogP) is 2.22. The van der Waals surface area contributed by atoms with Crippen molar-refractivity contribution in [2.45, 2.75) is 26.2 Å². The van der Waals surface area contributed by atoms with Crippen molar-refractivity contribution < 1.29 is 18.9 Å².